The van der Waals surface area contributed by atoms with Gasteiger partial charge in [0.25, 0.3) is 0 Å². The lowest BCUT2D eigenvalue weighted by Crippen LogP contribution is -2.12. The normalized spacial score (nSPS) is 11.3. The lowest BCUT2D eigenvalue weighted by molar-refractivity contribution is 0.668. The Balaban J connectivity index is 1.47. The van der Waals surface area contributed by atoms with Crippen molar-refractivity contribution in [2.75, 3.05) is 4.90 Å². The molecule has 0 spiro atoms. The third kappa shape index (κ3) is 3.41. The van der Waals surface area contributed by atoms with Crippen molar-refractivity contribution in [3.63, 3.8) is 0 Å². The quantitative estimate of drug-likeness (QED) is 0.261. The molecule has 0 saturated carbocycles. The van der Waals surface area contributed by atoms with Crippen LogP contribution in [0, 0.1) is 0 Å². The van der Waals surface area contributed by atoms with Crippen molar-refractivity contribution in [2.45, 2.75) is 0 Å². The van der Waals surface area contributed by atoms with E-state index in [9.17, 15) is 0 Å². The molecule has 0 aliphatic heterocycles. The molecule has 2 heterocycles. The summed E-state index contributed by atoms with van der Waals surface area (Å²) in [6, 6.07) is 44.2. The first-order chi connectivity index (χ1) is 17.8. The molecule has 170 valence electrons. The average Bonchev–Trinajstić information content (AvgIpc) is 3.33. The number of fused-ring (bicyclic) bond motifs is 4. The molecule has 7 aromatic rings. The number of hydrogen-bond donors (Lipinski definition) is 0. The van der Waals surface area contributed by atoms with Crippen molar-refractivity contribution in [3.8, 4) is 11.1 Å². The smallest absolute Gasteiger partial charge is 0.149 e. The van der Waals surface area contributed by atoms with E-state index in [2.05, 4.69) is 102 Å². The van der Waals surface area contributed by atoms with Crippen LogP contribution in [0.5, 0.6) is 0 Å². The van der Waals surface area contributed by atoms with E-state index in [1.54, 1.807) is 0 Å². The first kappa shape index (κ1) is 20.5. The number of hydrogen-bond acceptors (Lipinski definition) is 3. The Kier molecular flexibility index (Phi) is 4.78. The van der Waals surface area contributed by atoms with Crippen molar-refractivity contribution in [1.29, 1.82) is 0 Å². The van der Waals surface area contributed by atoms with Crippen LogP contribution in [0.1, 0.15) is 0 Å². The zero-order valence-electron chi connectivity index (χ0n) is 19.5. The second-order valence-corrected chi connectivity index (χ2v) is 8.89. The number of pyridine rings is 1. The van der Waals surface area contributed by atoms with Crippen LogP contribution in [0.2, 0.25) is 0 Å². The maximum Gasteiger partial charge on any atom is 0.149 e. The summed E-state index contributed by atoms with van der Waals surface area (Å²) in [5.41, 5.74) is 6.15. The number of rotatable bonds is 4. The Morgan fingerprint density at radius 2 is 1.22 bits per heavy atom. The van der Waals surface area contributed by atoms with Gasteiger partial charge in [0.1, 0.15) is 17.0 Å². The summed E-state index contributed by atoms with van der Waals surface area (Å²) in [7, 11) is 0. The Morgan fingerprint density at radius 1 is 0.528 bits per heavy atom. The van der Waals surface area contributed by atoms with Gasteiger partial charge in [-0.25, -0.2) is 4.98 Å². The minimum atomic E-state index is 0.827. The molecular weight excluding hydrogens is 440 g/mol. The maximum absolute atomic E-state index is 6.20. The predicted molar refractivity (Wildman–Crippen MR) is 149 cm³/mol. The topological polar surface area (TPSA) is 29.3 Å². The van der Waals surface area contributed by atoms with Crippen molar-refractivity contribution in [1.82, 2.24) is 4.98 Å². The molecule has 2 aromatic heterocycles. The highest BCUT2D eigenvalue weighted by atomic mass is 16.3. The molecule has 36 heavy (non-hydrogen) atoms. The van der Waals surface area contributed by atoms with Crippen LogP contribution in [0.25, 0.3) is 43.8 Å². The van der Waals surface area contributed by atoms with Crippen molar-refractivity contribution in [2.24, 2.45) is 0 Å². The zero-order valence-corrected chi connectivity index (χ0v) is 19.5. The second kappa shape index (κ2) is 8.40. The fourth-order valence-corrected chi connectivity index (χ4v) is 4.97. The summed E-state index contributed by atoms with van der Waals surface area (Å²) in [5.74, 6) is 0.847. The Bertz CT molecular complexity index is 1840. The monoisotopic (exact) mass is 462 g/mol. The van der Waals surface area contributed by atoms with Crippen molar-refractivity contribution in [3.05, 3.63) is 134 Å². The number of nitrogens with zero attached hydrogens (tertiary/aromatic N) is 2. The third-order valence-corrected chi connectivity index (χ3v) is 6.70. The SMILES string of the molecule is c1ccc(-c2ccc(N(c3ccc4ccccc4c3)c3nccc4oc5ccccc5c34)cc2)cc1. The van der Waals surface area contributed by atoms with Gasteiger partial charge in [0.05, 0.1) is 5.39 Å². The van der Waals surface area contributed by atoms with Gasteiger partial charge in [-0.15, -0.1) is 0 Å². The van der Waals surface area contributed by atoms with Crippen LogP contribution < -0.4 is 4.90 Å². The maximum atomic E-state index is 6.20. The lowest BCUT2D eigenvalue weighted by atomic mass is 10.0. The van der Waals surface area contributed by atoms with E-state index < -0.39 is 0 Å². The Morgan fingerprint density at radius 3 is 2.08 bits per heavy atom. The van der Waals surface area contributed by atoms with Crippen LogP contribution in [0.4, 0.5) is 17.2 Å². The van der Waals surface area contributed by atoms with Gasteiger partial charge in [-0.3, -0.25) is 4.90 Å². The van der Waals surface area contributed by atoms with E-state index >= 15 is 0 Å². The van der Waals surface area contributed by atoms with Crippen LogP contribution in [-0.2, 0) is 0 Å². The third-order valence-electron chi connectivity index (χ3n) is 6.70. The fraction of sp³-hybridized carbons (Fsp3) is 0. The minimum Gasteiger partial charge on any atom is -0.456 e. The highest BCUT2D eigenvalue weighted by Gasteiger charge is 2.20. The Hall–Kier alpha value is -4.89. The van der Waals surface area contributed by atoms with Gasteiger partial charge in [-0.05, 0) is 58.3 Å². The van der Waals surface area contributed by atoms with Gasteiger partial charge in [-0.2, -0.15) is 0 Å². The average molecular weight is 463 g/mol. The number of benzene rings is 5. The summed E-state index contributed by atoms with van der Waals surface area (Å²) in [6.45, 7) is 0. The molecule has 0 aliphatic rings. The number of furan rings is 1. The molecule has 3 heteroatoms. The van der Waals surface area contributed by atoms with Gasteiger partial charge in [0.15, 0.2) is 0 Å². The molecule has 0 unspecified atom stereocenters. The summed E-state index contributed by atoms with van der Waals surface area (Å²) in [6.07, 6.45) is 1.83. The lowest BCUT2D eigenvalue weighted by Gasteiger charge is -2.25. The van der Waals surface area contributed by atoms with E-state index in [1.807, 2.05) is 36.5 Å². The van der Waals surface area contributed by atoms with Crippen LogP contribution in [0.15, 0.2) is 138 Å². The summed E-state index contributed by atoms with van der Waals surface area (Å²) < 4.78 is 6.20. The van der Waals surface area contributed by atoms with E-state index in [4.69, 9.17) is 9.40 Å². The minimum absolute atomic E-state index is 0.827. The second-order valence-electron chi connectivity index (χ2n) is 8.89. The number of para-hydroxylation sites is 1. The van der Waals surface area contributed by atoms with E-state index in [1.165, 1.54) is 21.9 Å². The summed E-state index contributed by atoms with van der Waals surface area (Å²) in [4.78, 5) is 7.14. The molecule has 0 radical (unpaired) electrons. The zero-order chi connectivity index (χ0) is 23.9. The molecule has 0 aliphatic carbocycles. The Labute approximate surface area is 208 Å². The highest BCUT2D eigenvalue weighted by Crippen LogP contribution is 2.42. The molecular formula is C33H22N2O. The van der Waals surface area contributed by atoms with Gasteiger partial charge in [0.2, 0.25) is 0 Å². The molecule has 3 nitrogen and oxygen atoms in total. The van der Waals surface area contributed by atoms with Crippen LogP contribution >= 0.6 is 0 Å². The van der Waals surface area contributed by atoms with Crippen molar-refractivity contribution >= 4 is 49.9 Å². The summed E-state index contributed by atoms with van der Waals surface area (Å²) in [5, 5.41) is 4.46. The molecule has 7 rings (SSSR count). The molecule has 0 bridgehead atoms. The molecule has 0 saturated heterocycles. The summed E-state index contributed by atoms with van der Waals surface area (Å²) >= 11 is 0. The van der Waals surface area contributed by atoms with Gasteiger partial charge in [0, 0.05) is 23.0 Å². The van der Waals surface area contributed by atoms with Gasteiger partial charge < -0.3 is 4.42 Å². The van der Waals surface area contributed by atoms with Gasteiger partial charge in [-0.1, -0.05) is 91.0 Å². The van der Waals surface area contributed by atoms with E-state index in [0.29, 0.717) is 0 Å². The molecule has 5 aromatic carbocycles. The molecule has 0 amide bonds. The van der Waals surface area contributed by atoms with Gasteiger partial charge >= 0.3 is 0 Å². The molecule has 0 fully saturated rings. The first-order valence-electron chi connectivity index (χ1n) is 12.1. The predicted octanol–water partition coefficient (Wildman–Crippen LogP) is 9.27. The van der Waals surface area contributed by atoms with Crippen LogP contribution in [-0.4, -0.2) is 4.98 Å². The van der Waals surface area contributed by atoms with E-state index in [0.717, 1.165) is 39.1 Å². The van der Waals surface area contributed by atoms with E-state index in [-0.39, 0.29) is 0 Å². The highest BCUT2D eigenvalue weighted by molar-refractivity contribution is 6.12. The molecule has 0 N–H and O–H groups in total. The largest absolute Gasteiger partial charge is 0.456 e. The fourth-order valence-electron chi connectivity index (χ4n) is 4.97. The van der Waals surface area contributed by atoms with Crippen molar-refractivity contribution < 1.29 is 4.42 Å². The standard InChI is InChI=1S/C33H22N2O/c1-2-8-23(9-3-1)25-14-17-27(18-15-25)35(28-19-16-24-10-4-5-11-26(24)22-28)33-32-29-12-6-7-13-30(29)36-31(32)20-21-34-33/h1-22H. The number of aromatic nitrogens is 1. The number of anilines is 3. The first-order valence-corrected chi connectivity index (χ1v) is 12.1. The van der Waals surface area contributed by atoms with Crippen LogP contribution in [0.3, 0.4) is 0 Å². The molecule has 0 atom stereocenters.